The first-order valence-corrected chi connectivity index (χ1v) is 8.30. The minimum absolute atomic E-state index is 0.239. The van der Waals surface area contributed by atoms with Crippen molar-refractivity contribution in [1.29, 1.82) is 0 Å². The lowest BCUT2D eigenvalue weighted by Gasteiger charge is -2.10. The molecule has 0 saturated carbocycles. The van der Waals surface area contributed by atoms with Gasteiger partial charge in [0.1, 0.15) is 0 Å². The molecule has 0 fully saturated rings. The second-order valence-corrected chi connectivity index (χ2v) is 7.21. The summed E-state index contributed by atoms with van der Waals surface area (Å²) in [5.74, 6) is 0. The van der Waals surface area contributed by atoms with E-state index >= 15 is 0 Å². The van der Waals surface area contributed by atoms with Gasteiger partial charge in [0.2, 0.25) is 0 Å². The molecule has 19 heavy (non-hydrogen) atoms. The molecular weight excluding hydrogens is 319 g/mol. The van der Waals surface area contributed by atoms with Crippen LogP contribution in [0.1, 0.15) is 41.8 Å². The first-order valence-electron chi connectivity index (χ1n) is 6.29. The normalized spacial score (nSPS) is 12.6. The van der Waals surface area contributed by atoms with Crippen LogP contribution >= 0.6 is 46.1 Å². The molecule has 2 rings (SSSR count). The molecule has 0 bridgehead atoms. The Morgan fingerprint density at radius 2 is 1.84 bits per heavy atom. The lowest BCUT2D eigenvalue weighted by molar-refractivity contribution is 0.794. The fraction of sp³-hybridized carbons (Fsp3) is 0.333. The van der Waals surface area contributed by atoms with Crippen molar-refractivity contribution in [3.8, 4) is 0 Å². The maximum absolute atomic E-state index is 6.47. The van der Waals surface area contributed by atoms with Crippen LogP contribution in [-0.2, 0) is 6.42 Å². The minimum Gasteiger partial charge on any atom is -0.113 e. The van der Waals surface area contributed by atoms with Crippen LogP contribution in [0, 0.1) is 0 Å². The van der Waals surface area contributed by atoms with E-state index < -0.39 is 0 Å². The highest BCUT2D eigenvalue weighted by Crippen LogP contribution is 2.40. The standard InChI is InChI=1S/C15H15Cl3S/c1-2-3-4-10-5-7-11(8-6-10)14(17)12-9-13(16)19-15(12)18/h5-9,14H,2-4H2,1H3. The monoisotopic (exact) mass is 332 g/mol. The van der Waals surface area contributed by atoms with Crippen LogP contribution in [0.2, 0.25) is 8.67 Å². The molecule has 102 valence electrons. The Kier molecular flexibility index (Phi) is 5.58. The van der Waals surface area contributed by atoms with Crippen molar-refractivity contribution in [3.05, 3.63) is 55.7 Å². The number of hydrogen-bond donors (Lipinski definition) is 0. The summed E-state index contributed by atoms with van der Waals surface area (Å²) in [6.07, 6.45) is 3.55. The molecule has 0 aliphatic carbocycles. The Bertz CT molecular complexity index is 531. The second kappa shape index (κ2) is 6.99. The van der Waals surface area contributed by atoms with E-state index in [2.05, 4.69) is 31.2 Å². The predicted octanol–water partition coefficient (Wildman–Crippen LogP) is 6.73. The predicted molar refractivity (Wildman–Crippen MR) is 87.1 cm³/mol. The molecule has 1 unspecified atom stereocenters. The highest BCUT2D eigenvalue weighted by atomic mass is 35.5. The van der Waals surface area contributed by atoms with Gasteiger partial charge in [-0.15, -0.1) is 22.9 Å². The lowest BCUT2D eigenvalue weighted by Crippen LogP contribution is -1.93. The Morgan fingerprint density at radius 3 is 2.37 bits per heavy atom. The van der Waals surface area contributed by atoms with Gasteiger partial charge < -0.3 is 0 Å². The third-order valence-electron chi connectivity index (χ3n) is 3.05. The van der Waals surface area contributed by atoms with Crippen molar-refractivity contribution in [1.82, 2.24) is 0 Å². The third kappa shape index (κ3) is 3.88. The fourth-order valence-corrected chi connectivity index (χ4v) is 3.91. The summed E-state index contributed by atoms with van der Waals surface area (Å²) in [4.78, 5) is 0. The van der Waals surface area contributed by atoms with Crippen LogP contribution in [-0.4, -0.2) is 0 Å². The average molecular weight is 334 g/mol. The molecule has 1 aromatic heterocycles. The molecule has 1 aromatic carbocycles. The van der Waals surface area contributed by atoms with Crippen LogP contribution in [0.4, 0.5) is 0 Å². The Morgan fingerprint density at radius 1 is 1.16 bits per heavy atom. The molecule has 0 saturated heterocycles. The summed E-state index contributed by atoms with van der Waals surface area (Å²) < 4.78 is 1.34. The highest BCUT2D eigenvalue weighted by Gasteiger charge is 2.17. The third-order valence-corrected chi connectivity index (χ3v) is 5.05. The molecule has 2 aromatic rings. The van der Waals surface area contributed by atoms with Crippen LogP contribution in [0.25, 0.3) is 0 Å². The van der Waals surface area contributed by atoms with Crippen molar-refractivity contribution < 1.29 is 0 Å². The van der Waals surface area contributed by atoms with Gasteiger partial charge in [-0.25, -0.2) is 0 Å². The van der Waals surface area contributed by atoms with Gasteiger partial charge in [-0.05, 0) is 30.0 Å². The zero-order chi connectivity index (χ0) is 13.8. The summed E-state index contributed by atoms with van der Waals surface area (Å²) in [6.45, 7) is 2.20. The van der Waals surface area contributed by atoms with Crippen molar-refractivity contribution in [2.45, 2.75) is 31.6 Å². The average Bonchev–Trinajstić information content (AvgIpc) is 2.75. The number of aryl methyl sites for hydroxylation is 1. The van der Waals surface area contributed by atoms with Gasteiger partial charge >= 0.3 is 0 Å². The van der Waals surface area contributed by atoms with Gasteiger partial charge in [0.05, 0.1) is 14.0 Å². The molecular formula is C15H15Cl3S. The van der Waals surface area contributed by atoms with Gasteiger partial charge in [0, 0.05) is 5.56 Å². The van der Waals surface area contributed by atoms with Gasteiger partial charge in [0.15, 0.2) is 0 Å². The summed E-state index contributed by atoms with van der Waals surface area (Å²) in [7, 11) is 0. The number of benzene rings is 1. The van der Waals surface area contributed by atoms with E-state index in [0.717, 1.165) is 17.5 Å². The van der Waals surface area contributed by atoms with E-state index in [9.17, 15) is 0 Å². The Hall–Kier alpha value is -0.210. The van der Waals surface area contributed by atoms with Crippen molar-refractivity contribution in [3.63, 3.8) is 0 Å². The number of halogens is 3. The number of rotatable bonds is 5. The molecule has 4 heteroatoms. The van der Waals surface area contributed by atoms with Crippen molar-refractivity contribution in [2.75, 3.05) is 0 Å². The van der Waals surface area contributed by atoms with Crippen LogP contribution in [0.3, 0.4) is 0 Å². The van der Waals surface area contributed by atoms with Gasteiger partial charge in [0.25, 0.3) is 0 Å². The Balaban J connectivity index is 2.15. The molecule has 0 N–H and O–H groups in total. The van der Waals surface area contributed by atoms with E-state index in [1.54, 1.807) is 0 Å². The molecule has 0 amide bonds. The first-order chi connectivity index (χ1) is 9.11. The number of thiophene rings is 1. The molecule has 0 spiro atoms. The zero-order valence-corrected chi connectivity index (χ0v) is 13.7. The second-order valence-electron chi connectivity index (χ2n) is 4.49. The smallest absolute Gasteiger partial charge is 0.0994 e. The summed E-state index contributed by atoms with van der Waals surface area (Å²) in [6, 6.07) is 10.3. The topological polar surface area (TPSA) is 0 Å². The molecule has 0 nitrogen and oxygen atoms in total. The highest BCUT2D eigenvalue weighted by molar-refractivity contribution is 7.20. The SMILES string of the molecule is CCCCc1ccc(C(Cl)c2cc(Cl)sc2Cl)cc1. The number of hydrogen-bond acceptors (Lipinski definition) is 1. The van der Waals surface area contributed by atoms with Gasteiger partial charge in [-0.1, -0.05) is 60.8 Å². The zero-order valence-electron chi connectivity index (χ0n) is 10.6. The molecule has 0 aliphatic rings. The molecule has 1 heterocycles. The van der Waals surface area contributed by atoms with E-state index in [1.165, 1.54) is 29.7 Å². The van der Waals surface area contributed by atoms with Crippen molar-refractivity contribution in [2.24, 2.45) is 0 Å². The fourth-order valence-electron chi connectivity index (χ4n) is 1.94. The maximum Gasteiger partial charge on any atom is 0.0994 e. The van der Waals surface area contributed by atoms with E-state index in [-0.39, 0.29) is 5.38 Å². The summed E-state index contributed by atoms with van der Waals surface area (Å²) in [5, 5.41) is -0.239. The van der Waals surface area contributed by atoms with E-state index in [1.807, 2.05) is 6.07 Å². The van der Waals surface area contributed by atoms with Crippen molar-refractivity contribution >= 4 is 46.1 Å². The lowest BCUT2D eigenvalue weighted by atomic mass is 10.0. The molecule has 1 atom stereocenters. The van der Waals surface area contributed by atoms with Gasteiger partial charge in [-0.3, -0.25) is 0 Å². The van der Waals surface area contributed by atoms with Crippen LogP contribution < -0.4 is 0 Å². The molecule has 0 aliphatic heterocycles. The molecule has 0 radical (unpaired) electrons. The summed E-state index contributed by atoms with van der Waals surface area (Å²) in [5.41, 5.74) is 3.29. The maximum atomic E-state index is 6.47. The van der Waals surface area contributed by atoms with E-state index in [4.69, 9.17) is 34.8 Å². The number of unbranched alkanes of at least 4 members (excludes halogenated alkanes) is 1. The largest absolute Gasteiger partial charge is 0.113 e. The van der Waals surface area contributed by atoms with Crippen LogP contribution in [0.15, 0.2) is 30.3 Å². The quantitative estimate of drug-likeness (QED) is 0.532. The van der Waals surface area contributed by atoms with E-state index in [0.29, 0.717) is 8.67 Å². The van der Waals surface area contributed by atoms with Crippen LogP contribution in [0.5, 0.6) is 0 Å². The minimum atomic E-state index is -0.239. The first kappa shape index (κ1) is 15.2. The Labute approximate surface area is 133 Å². The number of alkyl halides is 1. The summed E-state index contributed by atoms with van der Waals surface area (Å²) >= 11 is 19.9. The van der Waals surface area contributed by atoms with Gasteiger partial charge in [-0.2, -0.15) is 0 Å².